The van der Waals surface area contributed by atoms with Crippen molar-refractivity contribution < 1.29 is 0 Å². The third-order valence-corrected chi connectivity index (χ3v) is 4.66. The molecule has 1 aliphatic carbocycles. The number of rotatable bonds is 1. The molecule has 18 heavy (non-hydrogen) atoms. The minimum absolute atomic E-state index is 0.408. The summed E-state index contributed by atoms with van der Waals surface area (Å²) in [6, 6.07) is 2.44. The average molecular weight is 242 g/mol. The number of nitrogens with one attached hydrogen (secondary N) is 2. The maximum atomic E-state index is 4.69. The first kappa shape index (κ1) is 10.5. The summed E-state index contributed by atoms with van der Waals surface area (Å²) >= 11 is 0. The average Bonchev–Trinajstić information content (AvgIpc) is 3.02. The van der Waals surface area contributed by atoms with Gasteiger partial charge in [-0.2, -0.15) is 0 Å². The number of aromatic amines is 1. The van der Waals surface area contributed by atoms with Crippen molar-refractivity contribution in [3.8, 4) is 0 Å². The van der Waals surface area contributed by atoms with Crippen LogP contribution < -0.4 is 5.32 Å². The van der Waals surface area contributed by atoms with Crippen LogP contribution in [0.15, 0.2) is 12.3 Å². The lowest BCUT2D eigenvalue weighted by atomic mass is 9.94. The summed E-state index contributed by atoms with van der Waals surface area (Å²) in [5.74, 6) is 2.71. The molecular weight excluding hydrogens is 224 g/mol. The second-order valence-corrected chi connectivity index (χ2v) is 5.69. The van der Waals surface area contributed by atoms with Crippen molar-refractivity contribution in [2.45, 2.75) is 32.2 Å². The smallest absolute Gasteiger partial charge is 0.178 e. The van der Waals surface area contributed by atoms with E-state index in [9.17, 15) is 0 Å². The normalized spacial score (nSPS) is 31.1. The van der Waals surface area contributed by atoms with Gasteiger partial charge >= 0.3 is 0 Å². The lowest BCUT2D eigenvalue weighted by Gasteiger charge is -2.15. The predicted molar refractivity (Wildman–Crippen MR) is 70.2 cm³/mol. The largest absolute Gasteiger partial charge is 0.339 e. The molecule has 1 saturated carbocycles. The van der Waals surface area contributed by atoms with Crippen LogP contribution in [0.2, 0.25) is 0 Å². The Balaban J connectivity index is 1.76. The molecule has 0 amide bonds. The van der Waals surface area contributed by atoms with Gasteiger partial charge in [0.25, 0.3) is 0 Å². The molecule has 0 bridgehead atoms. The van der Waals surface area contributed by atoms with Crippen molar-refractivity contribution in [2.24, 2.45) is 11.8 Å². The maximum absolute atomic E-state index is 4.69. The number of fused-ring (bicyclic) bond motifs is 2. The highest BCUT2D eigenvalue weighted by Crippen LogP contribution is 2.43. The van der Waals surface area contributed by atoms with E-state index in [0.29, 0.717) is 6.04 Å². The fourth-order valence-electron chi connectivity index (χ4n) is 3.69. The van der Waals surface area contributed by atoms with Crippen LogP contribution in [-0.2, 0) is 0 Å². The molecule has 2 N–H and O–H groups in total. The second-order valence-electron chi connectivity index (χ2n) is 5.69. The third-order valence-electron chi connectivity index (χ3n) is 4.66. The molecule has 0 aromatic carbocycles. The van der Waals surface area contributed by atoms with Crippen molar-refractivity contribution in [2.75, 3.05) is 6.54 Å². The fourth-order valence-corrected chi connectivity index (χ4v) is 3.69. The van der Waals surface area contributed by atoms with E-state index in [-0.39, 0.29) is 0 Å². The van der Waals surface area contributed by atoms with Crippen molar-refractivity contribution in [1.82, 2.24) is 20.3 Å². The van der Waals surface area contributed by atoms with E-state index in [1.165, 1.54) is 24.8 Å². The Hall–Kier alpha value is -1.42. The number of imidazole rings is 1. The lowest BCUT2D eigenvalue weighted by Crippen LogP contribution is -2.19. The Morgan fingerprint density at radius 3 is 3.17 bits per heavy atom. The zero-order valence-electron chi connectivity index (χ0n) is 10.6. The van der Waals surface area contributed by atoms with Crippen molar-refractivity contribution in [1.29, 1.82) is 0 Å². The van der Waals surface area contributed by atoms with Gasteiger partial charge in [0.2, 0.25) is 0 Å². The number of aryl methyl sites for hydroxylation is 1. The summed E-state index contributed by atoms with van der Waals surface area (Å²) in [7, 11) is 0. The number of aromatic nitrogens is 3. The van der Waals surface area contributed by atoms with Gasteiger partial charge in [0, 0.05) is 6.20 Å². The second kappa shape index (κ2) is 3.79. The quantitative estimate of drug-likeness (QED) is 0.807. The van der Waals surface area contributed by atoms with Crippen LogP contribution >= 0.6 is 0 Å². The molecule has 2 fully saturated rings. The standard InChI is InChI=1S/C14H18N4/c1-8-5-6-15-13-11(8)17-14(18-13)12-10-4-2-3-9(10)7-16-12/h5-6,9-10,12,16H,2-4,7H2,1H3,(H,15,17,18). The summed E-state index contributed by atoms with van der Waals surface area (Å²) in [6.45, 7) is 3.26. The Morgan fingerprint density at radius 1 is 1.33 bits per heavy atom. The Morgan fingerprint density at radius 2 is 2.28 bits per heavy atom. The van der Waals surface area contributed by atoms with Gasteiger partial charge in [-0.3, -0.25) is 0 Å². The van der Waals surface area contributed by atoms with E-state index in [0.717, 1.165) is 35.4 Å². The zero-order valence-corrected chi connectivity index (χ0v) is 10.6. The van der Waals surface area contributed by atoms with Crippen LogP contribution in [0.1, 0.15) is 36.7 Å². The van der Waals surface area contributed by atoms with Crippen LogP contribution in [0.3, 0.4) is 0 Å². The van der Waals surface area contributed by atoms with Gasteiger partial charge in [0.1, 0.15) is 5.82 Å². The van der Waals surface area contributed by atoms with E-state index >= 15 is 0 Å². The van der Waals surface area contributed by atoms with Crippen LogP contribution in [0.25, 0.3) is 11.2 Å². The molecule has 3 unspecified atom stereocenters. The molecule has 4 nitrogen and oxygen atoms in total. The first-order valence-electron chi connectivity index (χ1n) is 6.87. The molecule has 2 aromatic heterocycles. The van der Waals surface area contributed by atoms with Gasteiger partial charge < -0.3 is 10.3 Å². The summed E-state index contributed by atoms with van der Waals surface area (Å²) in [5.41, 5.74) is 3.17. The van der Waals surface area contributed by atoms with Gasteiger partial charge in [-0.05, 0) is 49.8 Å². The molecule has 3 heterocycles. The topological polar surface area (TPSA) is 53.6 Å². The molecule has 2 aliphatic rings. The predicted octanol–water partition coefficient (Wildman–Crippen LogP) is 2.33. The minimum atomic E-state index is 0.408. The summed E-state index contributed by atoms with van der Waals surface area (Å²) in [5, 5.41) is 3.63. The van der Waals surface area contributed by atoms with Crippen molar-refractivity contribution >= 4 is 11.2 Å². The molecule has 1 aliphatic heterocycles. The monoisotopic (exact) mass is 242 g/mol. The number of nitrogens with zero attached hydrogens (tertiary/aromatic N) is 2. The Bertz CT molecular complexity index is 588. The fraction of sp³-hybridized carbons (Fsp3) is 0.571. The van der Waals surface area contributed by atoms with E-state index in [1.807, 2.05) is 12.3 Å². The molecule has 2 aromatic rings. The molecule has 1 saturated heterocycles. The molecule has 0 spiro atoms. The molecule has 0 radical (unpaired) electrons. The molecular formula is C14H18N4. The number of hydrogen-bond donors (Lipinski definition) is 2. The lowest BCUT2D eigenvalue weighted by molar-refractivity contribution is 0.410. The Labute approximate surface area is 106 Å². The van der Waals surface area contributed by atoms with E-state index in [4.69, 9.17) is 0 Å². The highest BCUT2D eigenvalue weighted by atomic mass is 15.1. The highest BCUT2D eigenvalue weighted by molar-refractivity contribution is 5.74. The van der Waals surface area contributed by atoms with Gasteiger partial charge in [0.05, 0.1) is 11.6 Å². The number of H-pyrrole nitrogens is 1. The van der Waals surface area contributed by atoms with Gasteiger partial charge in [-0.15, -0.1) is 0 Å². The zero-order chi connectivity index (χ0) is 12.1. The minimum Gasteiger partial charge on any atom is -0.339 e. The first-order valence-corrected chi connectivity index (χ1v) is 6.87. The SMILES string of the molecule is Cc1ccnc2nc(C3NCC4CCCC43)[nH]c12. The van der Waals surface area contributed by atoms with Crippen LogP contribution in [-0.4, -0.2) is 21.5 Å². The molecule has 94 valence electrons. The van der Waals surface area contributed by atoms with Crippen LogP contribution in [0.4, 0.5) is 0 Å². The number of hydrogen-bond acceptors (Lipinski definition) is 3. The molecule has 4 rings (SSSR count). The highest BCUT2D eigenvalue weighted by Gasteiger charge is 2.40. The van der Waals surface area contributed by atoms with Gasteiger partial charge in [0.15, 0.2) is 5.65 Å². The van der Waals surface area contributed by atoms with Crippen molar-refractivity contribution in [3.05, 3.63) is 23.7 Å². The van der Waals surface area contributed by atoms with Crippen LogP contribution in [0.5, 0.6) is 0 Å². The molecule has 3 atom stereocenters. The van der Waals surface area contributed by atoms with Crippen molar-refractivity contribution in [3.63, 3.8) is 0 Å². The van der Waals surface area contributed by atoms with Gasteiger partial charge in [-0.25, -0.2) is 9.97 Å². The van der Waals surface area contributed by atoms with E-state index < -0.39 is 0 Å². The molecule has 4 heteroatoms. The first-order chi connectivity index (χ1) is 8.83. The van der Waals surface area contributed by atoms with Gasteiger partial charge in [-0.1, -0.05) is 6.42 Å². The third kappa shape index (κ3) is 1.42. The summed E-state index contributed by atoms with van der Waals surface area (Å²) < 4.78 is 0. The summed E-state index contributed by atoms with van der Waals surface area (Å²) in [6.07, 6.45) is 5.94. The maximum Gasteiger partial charge on any atom is 0.178 e. The summed E-state index contributed by atoms with van der Waals surface area (Å²) in [4.78, 5) is 12.5. The van der Waals surface area contributed by atoms with E-state index in [2.05, 4.69) is 27.2 Å². The van der Waals surface area contributed by atoms with E-state index in [1.54, 1.807) is 0 Å². The van der Waals surface area contributed by atoms with Crippen LogP contribution in [0, 0.1) is 18.8 Å². The Kier molecular flexibility index (Phi) is 2.21. The number of pyridine rings is 1.